The van der Waals surface area contributed by atoms with Gasteiger partial charge in [0.05, 0.1) is 5.41 Å². The Bertz CT molecular complexity index is 751. The molecule has 29 heavy (non-hydrogen) atoms. The van der Waals surface area contributed by atoms with E-state index in [1.54, 1.807) is 17.5 Å². The van der Waals surface area contributed by atoms with Crippen LogP contribution in [0.2, 0.25) is 0 Å². The maximum atomic E-state index is 13.1. The van der Waals surface area contributed by atoms with Gasteiger partial charge in [-0.05, 0) is 68.4 Å². The Balaban J connectivity index is 0.00000150. The number of nitrogens with two attached hydrogens (primary N) is 1. The highest BCUT2D eigenvalue weighted by Gasteiger charge is 2.47. The van der Waals surface area contributed by atoms with E-state index in [1.807, 2.05) is 23.2 Å². The van der Waals surface area contributed by atoms with Gasteiger partial charge in [-0.1, -0.05) is 12.1 Å². The number of amides is 1. The zero-order valence-corrected chi connectivity index (χ0v) is 19.0. The van der Waals surface area contributed by atoms with Gasteiger partial charge in [0.15, 0.2) is 0 Å². The van der Waals surface area contributed by atoms with Crippen LogP contribution in [0, 0.1) is 5.41 Å². The van der Waals surface area contributed by atoms with Crippen LogP contribution in [-0.4, -0.2) is 46.9 Å². The summed E-state index contributed by atoms with van der Waals surface area (Å²) >= 11 is 1.74. The lowest BCUT2D eigenvalue weighted by Gasteiger charge is -2.38. The van der Waals surface area contributed by atoms with Crippen LogP contribution < -0.4 is 5.73 Å². The summed E-state index contributed by atoms with van der Waals surface area (Å²) < 4.78 is 0. The molecule has 1 unspecified atom stereocenters. The Morgan fingerprint density at radius 2 is 1.90 bits per heavy atom. The zero-order chi connectivity index (χ0) is 18.7. The average molecular weight is 457 g/mol. The molecule has 4 rings (SSSR count). The van der Waals surface area contributed by atoms with Gasteiger partial charge in [-0.2, -0.15) is 0 Å². The number of likely N-dealkylation sites (tertiary alicyclic amines) is 2. The summed E-state index contributed by atoms with van der Waals surface area (Å²) in [6.07, 6.45) is 7.56. The highest BCUT2D eigenvalue weighted by atomic mass is 35.5. The maximum absolute atomic E-state index is 13.1. The third-order valence-electron chi connectivity index (χ3n) is 6.18. The van der Waals surface area contributed by atoms with Crippen LogP contribution in [-0.2, 0) is 11.3 Å². The lowest BCUT2D eigenvalue weighted by atomic mass is 9.77. The molecule has 2 fully saturated rings. The number of carbonyl (C=O) groups is 1. The molecule has 2 aliphatic heterocycles. The first kappa shape index (κ1) is 24.1. The van der Waals surface area contributed by atoms with Crippen molar-refractivity contribution in [2.75, 3.05) is 26.2 Å². The van der Waals surface area contributed by atoms with Crippen molar-refractivity contribution >= 4 is 42.1 Å². The van der Waals surface area contributed by atoms with E-state index in [4.69, 9.17) is 5.73 Å². The van der Waals surface area contributed by atoms with Crippen LogP contribution in [0.5, 0.6) is 0 Å². The van der Waals surface area contributed by atoms with Crippen molar-refractivity contribution in [2.45, 2.75) is 38.3 Å². The van der Waals surface area contributed by atoms with Crippen LogP contribution in [0.4, 0.5) is 0 Å². The molecule has 4 heterocycles. The van der Waals surface area contributed by atoms with E-state index < -0.39 is 0 Å². The standard InChI is InChI=1S/C21H28N4OS.2ClH/c22-18(19-4-2-14-27-19)5-10-24-11-6-21(7-12-24)8-13-25(20(21)26)16-17-3-1-9-23-15-17;;/h1-4,9,14-15,18H,5-8,10-13,16,22H2;2*1H. The second kappa shape index (κ2) is 10.7. The van der Waals surface area contributed by atoms with Crippen molar-refractivity contribution < 1.29 is 4.79 Å². The number of piperidine rings is 1. The summed E-state index contributed by atoms with van der Waals surface area (Å²) in [6, 6.07) is 8.29. The van der Waals surface area contributed by atoms with E-state index >= 15 is 0 Å². The van der Waals surface area contributed by atoms with E-state index in [-0.39, 0.29) is 36.3 Å². The molecule has 2 saturated heterocycles. The van der Waals surface area contributed by atoms with E-state index in [9.17, 15) is 4.79 Å². The molecule has 1 spiro atoms. The molecule has 2 aliphatic rings. The van der Waals surface area contributed by atoms with Crippen molar-refractivity contribution in [3.05, 3.63) is 52.5 Å². The minimum Gasteiger partial charge on any atom is -0.338 e. The molecular formula is C21H30Cl2N4OS. The summed E-state index contributed by atoms with van der Waals surface area (Å²) in [7, 11) is 0. The quantitative estimate of drug-likeness (QED) is 0.715. The van der Waals surface area contributed by atoms with Gasteiger partial charge in [-0.3, -0.25) is 9.78 Å². The van der Waals surface area contributed by atoms with Crippen LogP contribution >= 0.6 is 36.2 Å². The van der Waals surface area contributed by atoms with Crippen molar-refractivity contribution in [3.63, 3.8) is 0 Å². The highest BCUT2D eigenvalue weighted by Crippen LogP contribution is 2.42. The van der Waals surface area contributed by atoms with Gasteiger partial charge >= 0.3 is 0 Å². The van der Waals surface area contributed by atoms with Gasteiger partial charge in [0.25, 0.3) is 0 Å². The first-order chi connectivity index (χ1) is 13.2. The number of thiophene rings is 1. The Labute approximate surface area is 189 Å². The number of aromatic nitrogens is 1. The molecule has 2 aromatic rings. The van der Waals surface area contributed by atoms with E-state index in [1.165, 1.54) is 4.88 Å². The molecule has 0 aromatic carbocycles. The second-order valence-electron chi connectivity index (χ2n) is 7.87. The number of nitrogens with zero attached hydrogens (tertiary/aromatic N) is 3. The van der Waals surface area contributed by atoms with Gasteiger partial charge in [0, 0.05) is 36.4 Å². The lowest BCUT2D eigenvalue weighted by Crippen LogP contribution is -2.45. The number of pyridine rings is 1. The van der Waals surface area contributed by atoms with Crippen LogP contribution in [0.15, 0.2) is 42.0 Å². The van der Waals surface area contributed by atoms with E-state index in [0.717, 1.165) is 57.4 Å². The molecule has 0 aliphatic carbocycles. The van der Waals surface area contributed by atoms with Crippen molar-refractivity contribution in [3.8, 4) is 0 Å². The lowest BCUT2D eigenvalue weighted by molar-refractivity contribution is -0.138. The van der Waals surface area contributed by atoms with Crippen molar-refractivity contribution in [1.82, 2.24) is 14.8 Å². The fourth-order valence-electron chi connectivity index (χ4n) is 4.39. The van der Waals surface area contributed by atoms with Crippen LogP contribution in [0.25, 0.3) is 0 Å². The number of hydrogen-bond acceptors (Lipinski definition) is 5. The molecule has 160 valence electrons. The number of hydrogen-bond donors (Lipinski definition) is 1. The van der Waals surface area contributed by atoms with Crippen molar-refractivity contribution in [2.24, 2.45) is 11.1 Å². The Morgan fingerprint density at radius 3 is 2.55 bits per heavy atom. The molecule has 8 heteroatoms. The van der Waals surface area contributed by atoms with Gasteiger partial charge < -0.3 is 15.5 Å². The van der Waals surface area contributed by atoms with Gasteiger partial charge in [-0.15, -0.1) is 36.2 Å². The first-order valence-corrected chi connectivity index (χ1v) is 10.7. The number of rotatable bonds is 6. The zero-order valence-electron chi connectivity index (χ0n) is 16.5. The first-order valence-electron chi connectivity index (χ1n) is 9.86. The fourth-order valence-corrected chi connectivity index (χ4v) is 5.15. The van der Waals surface area contributed by atoms with Crippen LogP contribution in [0.1, 0.15) is 42.2 Å². The topological polar surface area (TPSA) is 62.5 Å². The Hall–Kier alpha value is -1.18. The van der Waals surface area contributed by atoms with Gasteiger partial charge in [0.1, 0.15) is 0 Å². The Morgan fingerprint density at radius 1 is 1.14 bits per heavy atom. The smallest absolute Gasteiger partial charge is 0.229 e. The molecule has 0 bridgehead atoms. The maximum Gasteiger partial charge on any atom is 0.229 e. The summed E-state index contributed by atoms with van der Waals surface area (Å²) in [5.74, 6) is 0.348. The number of carbonyl (C=O) groups excluding carboxylic acids is 1. The predicted molar refractivity (Wildman–Crippen MR) is 123 cm³/mol. The third kappa shape index (κ3) is 5.50. The van der Waals surface area contributed by atoms with E-state index in [0.29, 0.717) is 12.5 Å². The Kier molecular flexibility index (Phi) is 8.91. The second-order valence-corrected chi connectivity index (χ2v) is 8.85. The fraction of sp³-hybridized carbons (Fsp3) is 0.524. The highest BCUT2D eigenvalue weighted by molar-refractivity contribution is 7.10. The molecule has 2 N–H and O–H groups in total. The number of halogens is 2. The van der Waals surface area contributed by atoms with Crippen molar-refractivity contribution in [1.29, 1.82) is 0 Å². The molecule has 0 radical (unpaired) electrons. The summed E-state index contributed by atoms with van der Waals surface area (Å²) in [6.45, 7) is 4.58. The van der Waals surface area contributed by atoms with Gasteiger partial charge in [0.2, 0.25) is 5.91 Å². The minimum atomic E-state index is -0.130. The molecule has 5 nitrogen and oxygen atoms in total. The van der Waals surface area contributed by atoms with E-state index in [2.05, 4.69) is 27.4 Å². The molecule has 0 saturated carbocycles. The monoisotopic (exact) mass is 456 g/mol. The molecule has 1 atom stereocenters. The summed E-state index contributed by atoms with van der Waals surface area (Å²) in [5, 5.41) is 2.09. The molecule has 2 aromatic heterocycles. The average Bonchev–Trinajstić information content (AvgIpc) is 3.34. The summed E-state index contributed by atoms with van der Waals surface area (Å²) in [5.41, 5.74) is 7.29. The normalized spacial score (nSPS) is 19.6. The molecule has 1 amide bonds. The van der Waals surface area contributed by atoms with Gasteiger partial charge in [-0.25, -0.2) is 0 Å². The SMILES string of the molecule is Cl.Cl.NC(CCN1CCC2(CC1)CCN(Cc1cccnc1)C2=O)c1cccs1. The minimum absolute atomic E-state index is 0. The van der Waals surface area contributed by atoms with Crippen LogP contribution in [0.3, 0.4) is 0 Å². The third-order valence-corrected chi connectivity index (χ3v) is 7.18. The largest absolute Gasteiger partial charge is 0.338 e. The predicted octanol–water partition coefficient (Wildman–Crippen LogP) is 3.89. The summed E-state index contributed by atoms with van der Waals surface area (Å²) in [4.78, 5) is 23.0. The molecular weight excluding hydrogens is 427 g/mol.